The fourth-order valence-electron chi connectivity index (χ4n) is 3.50. The number of hydrogen-bond acceptors (Lipinski definition) is 5. The fourth-order valence-corrected chi connectivity index (χ4v) is 4.20. The molecule has 0 aromatic heterocycles. The molecule has 1 fully saturated rings. The van der Waals surface area contributed by atoms with Gasteiger partial charge in [-0.2, -0.15) is 0 Å². The molecule has 0 saturated carbocycles. The van der Waals surface area contributed by atoms with Crippen molar-refractivity contribution >= 4 is 29.3 Å². The molecule has 8 heteroatoms. The van der Waals surface area contributed by atoms with E-state index in [2.05, 4.69) is 27.5 Å². The molecule has 32 heavy (non-hydrogen) atoms. The van der Waals surface area contributed by atoms with Gasteiger partial charge in [0.15, 0.2) is 0 Å². The topological polar surface area (TPSA) is 64.7 Å². The molecular weight excluding hydrogens is 427 g/mol. The Morgan fingerprint density at radius 1 is 1.03 bits per heavy atom. The van der Waals surface area contributed by atoms with Crippen molar-refractivity contribution in [2.24, 2.45) is 0 Å². The molecule has 172 valence electrons. The van der Waals surface area contributed by atoms with E-state index in [1.807, 2.05) is 37.3 Å². The lowest BCUT2D eigenvalue weighted by atomic mass is 10.1. The number of carbonyl (C=O) groups is 2. The highest BCUT2D eigenvalue weighted by molar-refractivity contribution is 8.01. The number of carbonyl (C=O) groups excluding carboxylic acids is 2. The number of nitrogens with one attached hydrogen (secondary N) is 2. The number of nitrogens with zero attached hydrogens (tertiary/aromatic N) is 2. The van der Waals surface area contributed by atoms with E-state index < -0.39 is 0 Å². The molecule has 0 spiro atoms. The van der Waals surface area contributed by atoms with Gasteiger partial charge in [-0.25, -0.2) is 4.39 Å². The van der Waals surface area contributed by atoms with E-state index in [-0.39, 0.29) is 34.7 Å². The van der Waals surface area contributed by atoms with Crippen LogP contribution in [-0.2, 0) is 9.59 Å². The standard InChI is InChI=1S/C24H31FN4O2S/c1-18(32-17-23(30)26-21-10-8-20(25)9-11-21)24(31)27-22(19-6-4-3-5-7-19)16-29-14-12-28(2)13-15-29/h3-11,18,22H,12-17H2,1-2H3,(H,26,30)(H,27,31). The summed E-state index contributed by atoms with van der Waals surface area (Å²) < 4.78 is 13.0. The number of benzene rings is 2. The van der Waals surface area contributed by atoms with Crippen molar-refractivity contribution in [1.29, 1.82) is 0 Å². The van der Waals surface area contributed by atoms with Crippen molar-refractivity contribution < 1.29 is 14.0 Å². The summed E-state index contributed by atoms with van der Waals surface area (Å²) in [4.78, 5) is 29.8. The highest BCUT2D eigenvalue weighted by Crippen LogP contribution is 2.18. The predicted octanol–water partition coefficient (Wildman–Crippen LogP) is 2.99. The highest BCUT2D eigenvalue weighted by atomic mass is 32.2. The van der Waals surface area contributed by atoms with Crippen LogP contribution in [0.3, 0.4) is 0 Å². The van der Waals surface area contributed by atoms with Gasteiger partial charge in [0.25, 0.3) is 0 Å². The van der Waals surface area contributed by atoms with E-state index in [1.54, 1.807) is 0 Å². The molecule has 2 unspecified atom stereocenters. The van der Waals surface area contributed by atoms with Crippen LogP contribution in [0.1, 0.15) is 18.5 Å². The van der Waals surface area contributed by atoms with Crippen molar-refractivity contribution in [3.05, 3.63) is 66.0 Å². The van der Waals surface area contributed by atoms with Gasteiger partial charge in [0.1, 0.15) is 5.82 Å². The second kappa shape index (κ2) is 12.0. The molecule has 0 aliphatic carbocycles. The van der Waals surface area contributed by atoms with Crippen molar-refractivity contribution in [1.82, 2.24) is 15.1 Å². The van der Waals surface area contributed by atoms with Crippen LogP contribution in [0.15, 0.2) is 54.6 Å². The molecular formula is C24H31FN4O2S. The summed E-state index contributed by atoms with van der Waals surface area (Å²) in [6, 6.07) is 15.5. The summed E-state index contributed by atoms with van der Waals surface area (Å²) in [5, 5.41) is 5.52. The summed E-state index contributed by atoms with van der Waals surface area (Å²) in [6.07, 6.45) is 0. The SMILES string of the molecule is CC(SCC(=O)Nc1ccc(F)cc1)C(=O)NC(CN1CCN(C)CC1)c1ccccc1. The molecule has 3 rings (SSSR count). The summed E-state index contributed by atoms with van der Waals surface area (Å²) in [6.45, 7) is 6.55. The normalized spacial score (nSPS) is 16.8. The lowest BCUT2D eigenvalue weighted by Crippen LogP contribution is -2.48. The van der Waals surface area contributed by atoms with Crippen molar-refractivity contribution in [2.75, 3.05) is 50.8 Å². The Kier molecular flexibility index (Phi) is 9.08. The minimum Gasteiger partial charge on any atom is -0.347 e. The Hall–Kier alpha value is -2.42. The Morgan fingerprint density at radius 2 is 1.69 bits per heavy atom. The van der Waals surface area contributed by atoms with Gasteiger partial charge in [-0.15, -0.1) is 11.8 Å². The van der Waals surface area contributed by atoms with Crippen LogP contribution >= 0.6 is 11.8 Å². The quantitative estimate of drug-likeness (QED) is 0.605. The zero-order valence-electron chi connectivity index (χ0n) is 18.6. The van der Waals surface area contributed by atoms with E-state index in [9.17, 15) is 14.0 Å². The van der Waals surface area contributed by atoms with E-state index in [4.69, 9.17) is 0 Å². The van der Waals surface area contributed by atoms with Crippen LogP contribution in [-0.4, -0.2) is 72.4 Å². The average molecular weight is 459 g/mol. The summed E-state index contributed by atoms with van der Waals surface area (Å²) in [5.74, 6) is -0.529. The average Bonchev–Trinajstić information content (AvgIpc) is 2.80. The molecule has 2 atom stereocenters. The number of likely N-dealkylation sites (N-methyl/N-ethyl adjacent to an activating group) is 1. The van der Waals surface area contributed by atoms with Gasteiger partial charge < -0.3 is 15.5 Å². The second-order valence-electron chi connectivity index (χ2n) is 8.08. The maximum atomic E-state index is 13.0. The van der Waals surface area contributed by atoms with Crippen LogP contribution in [0, 0.1) is 5.82 Å². The third-order valence-corrected chi connectivity index (χ3v) is 6.66. The van der Waals surface area contributed by atoms with Crippen molar-refractivity contribution in [3.8, 4) is 0 Å². The predicted molar refractivity (Wildman–Crippen MR) is 128 cm³/mol. The van der Waals surface area contributed by atoms with Gasteiger partial charge in [-0.05, 0) is 43.8 Å². The number of rotatable bonds is 9. The fraction of sp³-hybridized carbons (Fsp3) is 0.417. The molecule has 1 heterocycles. The molecule has 0 bridgehead atoms. The smallest absolute Gasteiger partial charge is 0.234 e. The van der Waals surface area contributed by atoms with E-state index in [1.165, 1.54) is 36.0 Å². The van der Waals surface area contributed by atoms with Gasteiger partial charge in [0.05, 0.1) is 17.0 Å². The van der Waals surface area contributed by atoms with Gasteiger partial charge in [-0.3, -0.25) is 14.5 Å². The lowest BCUT2D eigenvalue weighted by molar-refractivity contribution is -0.121. The van der Waals surface area contributed by atoms with E-state index in [0.29, 0.717) is 5.69 Å². The van der Waals surface area contributed by atoms with Crippen LogP contribution in [0.4, 0.5) is 10.1 Å². The molecule has 1 aliphatic heterocycles. The van der Waals surface area contributed by atoms with E-state index >= 15 is 0 Å². The first kappa shape index (κ1) is 24.2. The molecule has 2 amide bonds. The van der Waals surface area contributed by atoms with Gasteiger partial charge in [0.2, 0.25) is 11.8 Å². The monoisotopic (exact) mass is 458 g/mol. The molecule has 2 aromatic rings. The summed E-state index contributed by atoms with van der Waals surface area (Å²) in [7, 11) is 2.12. The molecule has 2 aromatic carbocycles. The van der Waals surface area contributed by atoms with Gasteiger partial charge in [-0.1, -0.05) is 30.3 Å². The Labute approximate surface area is 193 Å². The number of thioether (sulfide) groups is 1. The highest BCUT2D eigenvalue weighted by Gasteiger charge is 2.24. The number of halogens is 1. The third kappa shape index (κ3) is 7.62. The van der Waals surface area contributed by atoms with Crippen molar-refractivity contribution in [3.63, 3.8) is 0 Å². The summed E-state index contributed by atoms with van der Waals surface area (Å²) in [5.41, 5.74) is 1.61. The Morgan fingerprint density at radius 3 is 2.34 bits per heavy atom. The molecule has 0 radical (unpaired) electrons. The van der Waals surface area contributed by atoms with Crippen LogP contribution < -0.4 is 10.6 Å². The molecule has 6 nitrogen and oxygen atoms in total. The Bertz CT molecular complexity index is 873. The molecule has 2 N–H and O–H groups in total. The maximum absolute atomic E-state index is 13.0. The largest absolute Gasteiger partial charge is 0.347 e. The zero-order valence-corrected chi connectivity index (χ0v) is 19.4. The number of hydrogen-bond donors (Lipinski definition) is 2. The molecule has 1 aliphatic rings. The first-order valence-corrected chi connectivity index (χ1v) is 11.9. The minimum absolute atomic E-state index is 0.0902. The lowest BCUT2D eigenvalue weighted by Gasteiger charge is -2.35. The van der Waals surface area contributed by atoms with Crippen LogP contribution in [0.2, 0.25) is 0 Å². The summed E-state index contributed by atoms with van der Waals surface area (Å²) >= 11 is 1.28. The number of anilines is 1. The minimum atomic E-state index is -0.382. The van der Waals surface area contributed by atoms with Gasteiger partial charge in [0, 0.05) is 38.4 Å². The third-order valence-electron chi connectivity index (χ3n) is 5.52. The van der Waals surface area contributed by atoms with E-state index in [0.717, 1.165) is 38.3 Å². The van der Waals surface area contributed by atoms with Gasteiger partial charge >= 0.3 is 0 Å². The van der Waals surface area contributed by atoms with Crippen LogP contribution in [0.25, 0.3) is 0 Å². The zero-order chi connectivity index (χ0) is 22.9. The first-order chi connectivity index (χ1) is 15.4. The van der Waals surface area contributed by atoms with Crippen molar-refractivity contribution in [2.45, 2.75) is 18.2 Å². The number of amides is 2. The maximum Gasteiger partial charge on any atom is 0.234 e. The Balaban J connectivity index is 1.52. The second-order valence-corrected chi connectivity index (χ2v) is 9.41. The first-order valence-electron chi connectivity index (χ1n) is 10.8. The molecule has 1 saturated heterocycles. The number of piperazine rings is 1. The van der Waals surface area contributed by atoms with Crippen LogP contribution in [0.5, 0.6) is 0 Å².